The van der Waals surface area contributed by atoms with Crippen LogP contribution in [-0.2, 0) is 0 Å². The Morgan fingerprint density at radius 1 is 1.20 bits per heavy atom. The molecule has 0 radical (unpaired) electrons. The van der Waals surface area contributed by atoms with Gasteiger partial charge in [-0.05, 0) is 47.5 Å². The van der Waals surface area contributed by atoms with E-state index in [4.69, 9.17) is 0 Å². The minimum Gasteiger partial charge on any atom is -0.370 e. The molecule has 0 spiro atoms. The van der Waals surface area contributed by atoms with Crippen LogP contribution in [0, 0.1) is 12.7 Å². The molecule has 0 atom stereocenters. The fraction of sp³-hybridized carbons (Fsp3) is 0.286. The molecule has 0 saturated heterocycles. The van der Waals surface area contributed by atoms with Gasteiger partial charge in [-0.2, -0.15) is 0 Å². The summed E-state index contributed by atoms with van der Waals surface area (Å²) >= 11 is 3.13. The van der Waals surface area contributed by atoms with Gasteiger partial charge in [0.15, 0.2) is 0 Å². The Balaban J connectivity index is 2.19. The van der Waals surface area contributed by atoms with Gasteiger partial charge >= 0.3 is 0 Å². The van der Waals surface area contributed by atoms with Crippen molar-refractivity contribution in [3.05, 3.63) is 40.4 Å². The first-order valence-corrected chi connectivity index (χ1v) is 7.19. The van der Waals surface area contributed by atoms with Crippen molar-refractivity contribution in [3.8, 4) is 0 Å². The minimum atomic E-state index is -0.315. The molecular formula is C14H16BrFN4. The molecule has 6 heteroatoms. The molecular weight excluding hydrogens is 323 g/mol. The third-order valence-corrected chi connectivity index (χ3v) is 3.23. The van der Waals surface area contributed by atoms with Crippen LogP contribution < -0.4 is 10.6 Å². The Bertz CT molecular complexity index is 604. The molecule has 2 rings (SSSR count). The van der Waals surface area contributed by atoms with Crippen LogP contribution in [0.25, 0.3) is 0 Å². The predicted molar refractivity (Wildman–Crippen MR) is 82.9 cm³/mol. The predicted octanol–water partition coefficient (Wildman–Crippen LogP) is 4.25. The van der Waals surface area contributed by atoms with Gasteiger partial charge in [0.2, 0.25) is 0 Å². The van der Waals surface area contributed by atoms with Crippen molar-refractivity contribution in [2.75, 3.05) is 17.2 Å². The normalized spacial score (nSPS) is 10.4. The summed E-state index contributed by atoms with van der Waals surface area (Å²) in [5, 5.41) is 6.29. The summed E-state index contributed by atoms with van der Waals surface area (Å²) in [5.74, 6) is 1.74. The van der Waals surface area contributed by atoms with Gasteiger partial charge in [-0.25, -0.2) is 14.4 Å². The largest absolute Gasteiger partial charge is 0.370 e. The zero-order valence-electron chi connectivity index (χ0n) is 11.4. The number of nitrogens with one attached hydrogen (secondary N) is 2. The molecule has 0 bridgehead atoms. The Kier molecular flexibility index (Phi) is 4.89. The van der Waals surface area contributed by atoms with Gasteiger partial charge in [0.25, 0.3) is 0 Å². The van der Waals surface area contributed by atoms with Gasteiger partial charge in [-0.1, -0.05) is 6.92 Å². The average Bonchev–Trinajstić information content (AvgIpc) is 2.40. The van der Waals surface area contributed by atoms with Gasteiger partial charge in [0, 0.05) is 18.3 Å². The van der Waals surface area contributed by atoms with Gasteiger partial charge < -0.3 is 10.6 Å². The van der Waals surface area contributed by atoms with Crippen LogP contribution in [0.5, 0.6) is 0 Å². The highest BCUT2D eigenvalue weighted by Crippen LogP contribution is 2.22. The number of halogens is 2. The Morgan fingerprint density at radius 3 is 2.65 bits per heavy atom. The van der Waals surface area contributed by atoms with Gasteiger partial charge in [-0.15, -0.1) is 0 Å². The molecule has 2 aromatic rings. The second-order valence-corrected chi connectivity index (χ2v) is 5.22. The van der Waals surface area contributed by atoms with Crippen molar-refractivity contribution in [1.29, 1.82) is 0 Å². The molecule has 1 aromatic heterocycles. The summed E-state index contributed by atoms with van der Waals surface area (Å²) < 4.78 is 13.9. The lowest BCUT2D eigenvalue weighted by Gasteiger charge is -2.10. The molecule has 0 fully saturated rings. The van der Waals surface area contributed by atoms with Crippen LogP contribution in [0.4, 0.5) is 21.7 Å². The van der Waals surface area contributed by atoms with Crippen molar-refractivity contribution in [3.63, 3.8) is 0 Å². The van der Waals surface area contributed by atoms with Crippen LogP contribution >= 0.6 is 15.9 Å². The van der Waals surface area contributed by atoms with E-state index in [2.05, 4.69) is 43.5 Å². The van der Waals surface area contributed by atoms with Crippen molar-refractivity contribution in [2.24, 2.45) is 0 Å². The number of hydrogen-bond donors (Lipinski definition) is 2. The highest BCUT2D eigenvalue weighted by molar-refractivity contribution is 9.10. The number of anilines is 3. The summed E-state index contributed by atoms with van der Waals surface area (Å²) in [7, 11) is 0. The van der Waals surface area contributed by atoms with Crippen LogP contribution in [0.1, 0.15) is 19.2 Å². The summed E-state index contributed by atoms with van der Waals surface area (Å²) in [6.45, 7) is 4.76. The first-order valence-electron chi connectivity index (χ1n) is 6.40. The van der Waals surface area contributed by atoms with Crippen molar-refractivity contribution >= 4 is 33.3 Å². The lowest BCUT2D eigenvalue weighted by atomic mass is 10.3. The maximum absolute atomic E-state index is 13.5. The fourth-order valence-corrected chi connectivity index (χ4v) is 1.94. The van der Waals surface area contributed by atoms with E-state index in [1.807, 2.05) is 13.0 Å². The maximum Gasteiger partial charge on any atom is 0.139 e. The Labute approximate surface area is 126 Å². The molecule has 1 aromatic carbocycles. The second kappa shape index (κ2) is 6.65. The van der Waals surface area contributed by atoms with Gasteiger partial charge in [0.05, 0.1) is 4.47 Å². The number of rotatable bonds is 5. The molecule has 1 heterocycles. The SMILES string of the molecule is CCCNc1cc(Nc2ccc(Br)c(F)c2)nc(C)n1. The Morgan fingerprint density at radius 2 is 1.95 bits per heavy atom. The van der Waals surface area contributed by atoms with Crippen LogP contribution in [-0.4, -0.2) is 16.5 Å². The lowest BCUT2D eigenvalue weighted by molar-refractivity contribution is 0.622. The molecule has 0 aliphatic carbocycles. The number of aromatic nitrogens is 2. The van der Waals surface area contributed by atoms with Gasteiger partial charge in [0.1, 0.15) is 23.3 Å². The highest BCUT2D eigenvalue weighted by atomic mass is 79.9. The number of hydrogen-bond acceptors (Lipinski definition) is 4. The highest BCUT2D eigenvalue weighted by Gasteiger charge is 2.04. The maximum atomic E-state index is 13.5. The zero-order valence-corrected chi connectivity index (χ0v) is 13.0. The zero-order chi connectivity index (χ0) is 14.5. The summed E-state index contributed by atoms with van der Waals surface area (Å²) in [5.41, 5.74) is 0.644. The number of aryl methyl sites for hydroxylation is 1. The van der Waals surface area contributed by atoms with Crippen LogP contribution in [0.2, 0.25) is 0 Å². The summed E-state index contributed by atoms with van der Waals surface area (Å²) in [6, 6.07) is 6.66. The average molecular weight is 339 g/mol. The Hall–Kier alpha value is -1.69. The van der Waals surface area contributed by atoms with Crippen LogP contribution in [0.15, 0.2) is 28.7 Å². The smallest absolute Gasteiger partial charge is 0.139 e. The molecule has 0 unspecified atom stereocenters. The van der Waals surface area contributed by atoms with E-state index >= 15 is 0 Å². The third kappa shape index (κ3) is 3.90. The van der Waals surface area contributed by atoms with E-state index in [1.54, 1.807) is 12.1 Å². The second-order valence-electron chi connectivity index (χ2n) is 4.37. The molecule has 2 N–H and O–H groups in total. The summed E-state index contributed by atoms with van der Waals surface area (Å²) in [4.78, 5) is 8.59. The van der Waals surface area contributed by atoms with Crippen molar-refractivity contribution < 1.29 is 4.39 Å². The summed E-state index contributed by atoms with van der Waals surface area (Å²) in [6.07, 6.45) is 1.02. The van der Waals surface area contributed by atoms with E-state index in [1.165, 1.54) is 6.07 Å². The van der Waals surface area contributed by atoms with Crippen LogP contribution in [0.3, 0.4) is 0 Å². The molecule has 0 saturated carbocycles. The quantitative estimate of drug-likeness (QED) is 0.855. The monoisotopic (exact) mass is 338 g/mol. The number of benzene rings is 1. The molecule has 0 aliphatic heterocycles. The standard InChI is InChI=1S/C14H16BrFN4/c1-3-6-17-13-8-14(19-9(2)18-13)20-10-4-5-11(15)12(16)7-10/h4-5,7-8H,3,6H2,1-2H3,(H2,17,18,19,20). The molecule has 4 nitrogen and oxygen atoms in total. The van der Waals surface area contributed by atoms with Crippen molar-refractivity contribution in [1.82, 2.24) is 9.97 Å². The molecule has 0 aliphatic rings. The third-order valence-electron chi connectivity index (χ3n) is 2.59. The minimum absolute atomic E-state index is 0.315. The van der Waals surface area contributed by atoms with E-state index in [9.17, 15) is 4.39 Å². The number of nitrogens with zero attached hydrogens (tertiary/aromatic N) is 2. The van der Waals surface area contributed by atoms with E-state index in [0.29, 0.717) is 21.8 Å². The topological polar surface area (TPSA) is 49.8 Å². The van der Waals surface area contributed by atoms with Crippen molar-refractivity contribution in [2.45, 2.75) is 20.3 Å². The first-order chi connectivity index (χ1) is 9.58. The van der Waals surface area contributed by atoms with E-state index < -0.39 is 0 Å². The first kappa shape index (κ1) is 14.7. The van der Waals surface area contributed by atoms with E-state index in [-0.39, 0.29) is 5.82 Å². The van der Waals surface area contributed by atoms with E-state index in [0.717, 1.165) is 18.8 Å². The van der Waals surface area contributed by atoms with Gasteiger partial charge in [-0.3, -0.25) is 0 Å². The molecule has 20 heavy (non-hydrogen) atoms. The fourth-order valence-electron chi connectivity index (χ4n) is 1.70. The lowest BCUT2D eigenvalue weighted by Crippen LogP contribution is -2.05. The molecule has 0 amide bonds. The molecule has 106 valence electrons.